The van der Waals surface area contributed by atoms with Gasteiger partial charge in [-0.1, -0.05) is 216 Å². The highest BCUT2D eigenvalue weighted by atomic mass is 16.7. The fourth-order valence-electron chi connectivity index (χ4n) is 8.58. The van der Waals surface area contributed by atoms with Crippen molar-refractivity contribution in [3.05, 3.63) is 60.8 Å². The van der Waals surface area contributed by atoms with Crippen molar-refractivity contribution < 1.29 is 58.2 Å². The molecule has 0 saturated carbocycles. The molecule has 0 aliphatic carbocycles. The van der Waals surface area contributed by atoms with Gasteiger partial charge in [-0.2, -0.15) is 0 Å². The van der Waals surface area contributed by atoms with E-state index in [-0.39, 0.29) is 25.9 Å². The molecule has 0 aromatic carbocycles. The van der Waals surface area contributed by atoms with Crippen LogP contribution in [0.3, 0.4) is 0 Å². The Balaban J connectivity index is 2.67. The second kappa shape index (κ2) is 49.3. The molecule has 0 amide bonds. The molecule has 0 spiro atoms. The third-order valence-corrected chi connectivity index (χ3v) is 13.1. The number of esters is 3. The topological polar surface area (TPSA) is 175 Å². The summed E-state index contributed by atoms with van der Waals surface area (Å²) in [4.78, 5) is 51.0. The van der Waals surface area contributed by atoms with Gasteiger partial charge >= 0.3 is 23.9 Å². The minimum absolute atomic E-state index is 0.0435. The van der Waals surface area contributed by atoms with E-state index in [2.05, 4.69) is 81.5 Å². The zero-order chi connectivity index (χ0) is 53.3. The summed E-state index contributed by atoms with van der Waals surface area (Å²) in [7, 11) is 0. The SMILES string of the molecule is CC/C=C\C/C=C\C/C=C\C/C=C\CCCCCCCCC(=O)OC1C(OCC(COC(=O)CCCCCCCCCCCCCCC)OC(=O)CCCCCCC/C=C\CCCC)OC(C(=O)O)C(O)C1O. The van der Waals surface area contributed by atoms with Crippen LogP contribution in [0, 0.1) is 0 Å². The van der Waals surface area contributed by atoms with Crippen molar-refractivity contribution in [2.45, 2.75) is 289 Å². The summed E-state index contributed by atoms with van der Waals surface area (Å²) in [5, 5.41) is 31.5. The maximum absolute atomic E-state index is 13.1. The molecule has 1 aliphatic rings. The van der Waals surface area contributed by atoms with Gasteiger partial charge < -0.3 is 39.0 Å². The number of hydrogen-bond donors (Lipinski definition) is 3. The van der Waals surface area contributed by atoms with E-state index in [1.807, 2.05) is 0 Å². The Morgan fingerprint density at radius 3 is 1.37 bits per heavy atom. The molecule has 1 fully saturated rings. The van der Waals surface area contributed by atoms with E-state index in [4.69, 9.17) is 23.7 Å². The lowest BCUT2D eigenvalue weighted by Gasteiger charge is -2.40. The van der Waals surface area contributed by atoms with Crippen LogP contribution in [-0.4, -0.2) is 89.2 Å². The quantitative estimate of drug-likeness (QED) is 0.0228. The van der Waals surface area contributed by atoms with Gasteiger partial charge in [0.2, 0.25) is 0 Å². The molecule has 6 atom stereocenters. The monoisotopic (exact) mass is 1030 g/mol. The lowest BCUT2D eigenvalue weighted by Crippen LogP contribution is -2.61. The molecule has 12 nitrogen and oxygen atoms in total. The zero-order valence-corrected chi connectivity index (χ0v) is 46.1. The minimum atomic E-state index is -1.91. The summed E-state index contributed by atoms with van der Waals surface area (Å²) in [5.41, 5.74) is 0. The number of aliphatic hydroxyl groups is 2. The standard InChI is InChI=1S/C61H104O12/c1-4-7-10-13-16-19-22-24-25-26-27-28-29-31-34-37-40-43-46-49-55(64)72-59-57(66)56(65)58(60(67)68)73-61(59)70-51-52(71-54(63)48-45-42-39-36-32-21-18-15-12-9-6-3)50-69-53(62)47-44-41-38-35-33-30-23-20-17-14-11-8-5-2/h7,10,15-16,18-19,24-25,27-28,52,56-59,61,65-66H,4-6,8-9,11-14,17,20-23,26,29-51H2,1-3H3,(H,67,68)/b10-7-,18-15-,19-16-,25-24-,28-27-. The van der Waals surface area contributed by atoms with Crippen molar-refractivity contribution in [2.24, 2.45) is 0 Å². The maximum atomic E-state index is 13.1. The Morgan fingerprint density at radius 2 is 0.877 bits per heavy atom. The first-order valence-electron chi connectivity index (χ1n) is 29.3. The van der Waals surface area contributed by atoms with Crippen LogP contribution in [0.4, 0.5) is 0 Å². The van der Waals surface area contributed by atoms with E-state index in [9.17, 15) is 34.5 Å². The van der Waals surface area contributed by atoms with Crippen LogP contribution in [0.25, 0.3) is 0 Å². The molecule has 3 N–H and O–H groups in total. The first-order valence-corrected chi connectivity index (χ1v) is 29.3. The van der Waals surface area contributed by atoms with Crippen LogP contribution in [-0.2, 0) is 42.9 Å². The Hall–Kier alpha value is -3.58. The van der Waals surface area contributed by atoms with Crippen molar-refractivity contribution in [1.82, 2.24) is 0 Å². The van der Waals surface area contributed by atoms with Crippen molar-refractivity contribution in [1.29, 1.82) is 0 Å². The minimum Gasteiger partial charge on any atom is -0.479 e. The van der Waals surface area contributed by atoms with Crippen LogP contribution in [0.15, 0.2) is 60.8 Å². The van der Waals surface area contributed by atoms with Crippen LogP contribution >= 0.6 is 0 Å². The van der Waals surface area contributed by atoms with Gasteiger partial charge in [0.25, 0.3) is 0 Å². The Labute approximate surface area is 443 Å². The van der Waals surface area contributed by atoms with Crippen molar-refractivity contribution in [2.75, 3.05) is 13.2 Å². The van der Waals surface area contributed by atoms with Gasteiger partial charge in [-0.3, -0.25) is 14.4 Å². The second-order valence-corrected chi connectivity index (χ2v) is 19.9. The molecule has 0 aromatic rings. The number of carbonyl (C=O) groups excluding carboxylic acids is 3. The summed E-state index contributed by atoms with van der Waals surface area (Å²) in [6.45, 7) is 5.83. The highest BCUT2D eigenvalue weighted by Crippen LogP contribution is 2.26. The molecule has 1 rings (SSSR count). The highest BCUT2D eigenvalue weighted by Gasteiger charge is 2.50. The summed E-state index contributed by atoms with van der Waals surface area (Å²) < 4.78 is 28.4. The van der Waals surface area contributed by atoms with E-state index in [0.29, 0.717) is 19.3 Å². The molecule has 1 aliphatic heterocycles. The summed E-state index contributed by atoms with van der Waals surface area (Å²) in [5.74, 6) is -3.14. The Bertz CT molecular complexity index is 1500. The van der Waals surface area contributed by atoms with Crippen molar-refractivity contribution in [3.63, 3.8) is 0 Å². The van der Waals surface area contributed by atoms with Crippen molar-refractivity contribution in [3.8, 4) is 0 Å². The molecule has 73 heavy (non-hydrogen) atoms. The van der Waals surface area contributed by atoms with Gasteiger partial charge in [-0.25, -0.2) is 4.79 Å². The number of hydrogen-bond acceptors (Lipinski definition) is 11. The molecule has 0 bridgehead atoms. The second-order valence-electron chi connectivity index (χ2n) is 19.9. The Kier molecular flexibility index (Phi) is 45.5. The fourth-order valence-corrected chi connectivity index (χ4v) is 8.58. The van der Waals surface area contributed by atoms with Gasteiger partial charge in [0.15, 0.2) is 24.6 Å². The van der Waals surface area contributed by atoms with Gasteiger partial charge in [0, 0.05) is 19.3 Å². The molecular formula is C61H104O12. The number of carboxylic acids is 1. The predicted octanol–water partition coefficient (Wildman–Crippen LogP) is 14.8. The Morgan fingerprint density at radius 1 is 0.466 bits per heavy atom. The maximum Gasteiger partial charge on any atom is 0.335 e. The number of carbonyl (C=O) groups is 4. The van der Waals surface area contributed by atoms with E-state index in [1.165, 1.54) is 70.6 Å². The fraction of sp³-hybridized carbons (Fsp3) is 0.770. The molecule has 0 aromatic heterocycles. The van der Waals surface area contributed by atoms with Crippen LogP contribution in [0.5, 0.6) is 0 Å². The molecular weight excluding hydrogens is 925 g/mol. The van der Waals surface area contributed by atoms with E-state index in [1.54, 1.807) is 0 Å². The number of aliphatic hydroxyl groups excluding tert-OH is 2. The van der Waals surface area contributed by atoms with E-state index in [0.717, 1.165) is 122 Å². The smallest absolute Gasteiger partial charge is 0.335 e. The average molecular weight is 1030 g/mol. The molecule has 1 heterocycles. The third-order valence-electron chi connectivity index (χ3n) is 13.1. The summed E-state index contributed by atoms with van der Waals surface area (Å²) in [6.07, 6.45) is 47.6. The molecule has 6 unspecified atom stereocenters. The normalized spacial score (nSPS) is 18.7. The number of ether oxygens (including phenoxy) is 5. The average Bonchev–Trinajstić information content (AvgIpc) is 3.37. The van der Waals surface area contributed by atoms with Gasteiger partial charge in [0.05, 0.1) is 6.61 Å². The van der Waals surface area contributed by atoms with Gasteiger partial charge in [-0.15, -0.1) is 0 Å². The number of unbranched alkanes of at least 4 members (excludes halogenated alkanes) is 25. The molecule has 1 saturated heterocycles. The predicted molar refractivity (Wildman–Crippen MR) is 294 cm³/mol. The third kappa shape index (κ3) is 39.5. The number of carboxylic acid groups (broad SMARTS) is 1. The van der Waals surface area contributed by atoms with E-state index >= 15 is 0 Å². The molecule has 0 radical (unpaired) electrons. The number of allylic oxidation sites excluding steroid dienone is 10. The van der Waals surface area contributed by atoms with E-state index < -0.39 is 67.3 Å². The first kappa shape index (κ1) is 67.4. The molecule has 420 valence electrons. The van der Waals surface area contributed by atoms with Crippen molar-refractivity contribution >= 4 is 23.9 Å². The lowest BCUT2D eigenvalue weighted by atomic mass is 9.98. The summed E-state index contributed by atoms with van der Waals surface area (Å²) in [6, 6.07) is 0. The van der Waals surface area contributed by atoms with Crippen LogP contribution < -0.4 is 0 Å². The summed E-state index contributed by atoms with van der Waals surface area (Å²) >= 11 is 0. The zero-order valence-electron chi connectivity index (χ0n) is 46.1. The highest BCUT2D eigenvalue weighted by molar-refractivity contribution is 5.74. The van der Waals surface area contributed by atoms with Gasteiger partial charge in [-0.05, 0) is 77.0 Å². The number of aliphatic carboxylic acids is 1. The largest absolute Gasteiger partial charge is 0.479 e. The van der Waals surface area contributed by atoms with Crippen LogP contribution in [0.1, 0.15) is 252 Å². The van der Waals surface area contributed by atoms with Crippen LogP contribution in [0.2, 0.25) is 0 Å². The first-order chi connectivity index (χ1) is 35.6. The van der Waals surface area contributed by atoms with Gasteiger partial charge in [0.1, 0.15) is 18.8 Å². The lowest BCUT2D eigenvalue weighted by molar-refractivity contribution is -0.301. The molecule has 12 heteroatoms. The number of rotatable bonds is 49.